The third-order valence-corrected chi connectivity index (χ3v) is 7.90. The summed E-state index contributed by atoms with van der Waals surface area (Å²) < 4.78 is 18.1. The Hall–Kier alpha value is -5.49. The van der Waals surface area contributed by atoms with E-state index in [4.69, 9.17) is 14.2 Å². The Morgan fingerprint density at radius 1 is 0.957 bits per heavy atom. The normalized spacial score (nSPS) is 13.7. The highest BCUT2D eigenvalue weighted by molar-refractivity contribution is 5.98. The number of amides is 2. The Morgan fingerprint density at radius 2 is 1.74 bits per heavy atom. The number of fused-ring (bicyclic) bond motifs is 1. The van der Waals surface area contributed by atoms with Crippen molar-refractivity contribution in [2.45, 2.75) is 19.1 Å². The van der Waals surface area contributed by atoms with E-state index in [0.29, 0.717) is 47.0 Å². The molecule has 1 unspecified atom stereocenters. The van der Waals surface area contributed by atoms with Crippen LogP contribution in [0.3, 0.4) is 0 Å². The highest BCUT2D eigenvalue weighted by Gasteiger charge is 2.33. The Labute approximate surface area is 266 Å². The number of carbonyl (C=O) groups is 2. The summed E-state index contributed by atoms with van der Waals surface area (Å²) >= 11 is 0. The number of benzene rings is 3. The first-order chi connectivity index (χ1) is 22.5. The van der Waals surface area contributed by atoms with E-state index in [1.807, 2.05) is 54.6 Å². The molecule has 0 radical (unpaired) electrons. The quantitative estimate of drug-likeness (QED) is 0.232. The lowest BCUT2D eigenvalue weighted by Crippen LogP contribution is -2.42. The average Bonchev–Trinajstić information content (AvgIpc) is 3.51. The minimum atomic E-state index is -1.05. The number of rotatable bonds is 11. The Balaban J connectivity index is 1.37. The minimum Gasteiger partial charge on any atom is -0.493 e. The number of morpholine rings is 1. The summed E-state index contributed by atoms with van der Waals surface area (Å²) in [6, 6.07) is 22.9. The van der Waals surface area contributed by atoms with Crippen molar-refractivity contribution in [3.05, 3.63) is 102 Å². The van der Waals surface area contributed by atoms with E-state index in [2.05, 4.69) is 25.5 Å². The summed E-state index contributed by atoms with van der Waals surface area (Å²) in [5, 5.41) is 11.5. The first-order valence-corrected chi connectivity index (χ1v) is 15.0. The molecule has 12 nitrogen and oxygen atoms in total. The van der Waals surface area contributed by atoms with Gasteiger partial charge in [0.15, 0.2) is 11.5 Å². The Morgan fingerprint density at radius 3 is 2.48 bits per heavy atom. The van der Waals surface area contributed by atoms with Gasteiger partial charge in [0, 0.05) is 43.4 Å². The van der Waals surface area contributed by atoms with Crippen LogP contribution < -0.4 is 19.7 Å². The standard InChI is InChI=1S/C34H35N7O5/c1-44-30-14-9-25(20-31(30)45-2)33(34(43)36-26-10-12-27(13-11-26)39-16-18-46-19-17-39)40(22-24-6-5-15-35-21-24)32(42)23-41-29-8-4-3-7-28(29)37-38-41/h3-15,20-21,33H,16-19,22-23H2,1-2H3,(H,36,43). The zero-order chi connectivity index (χ0) is 31.9. The summed E-state index contributed by atoms with van der Waals surface area (Å²) in [5.41, 5.74) is 4.33. The summed E-state index contributed by atoms with van der Waals surface area (Å²) in [6.07, 6.45) is 3.34. The topological polar surface area (TPSA) is 124 Å². The second-order valence-electron chi connectivity index (χ2n) is 10.8. The summed E-state index contributed by atoms with van der Waals surface area (Å²) in [7, 11) is 3.07. The molecule has 0 aliphatic carbocycles. The van der Waals surface area contributed by atoms with Crippen molar-refractivity contribution >= 4 is 34.2 Å². The molecule has 12 heteroatoms. The molecule has 0 bridgehead atoms. The number of para-hydroxylation sites is 1. The smallest absolute Gasteiger partial charge is 0.251 e. The molecule has 2 aromatic heterocycles. The lowest BCUT2D eigenvalue weighted by atomic mass is 10.0. The van der Waals surface area contributed by atoms with Crippen LogP contribution in [-0.2, 0) is 27.4 Å². The Kier molecular flexibility index (Phi) is 9.35. The molecule has 0 spiro atoms. The number of methoxy groups -OCH3 is 2. The zero-order valence-electron chi connectivity index (χ0n) is 25.7. The lowest BCUT2D eigenvalue weighted by molar-refractivity contribution is -0.140. The van der Waals surface area contributed by atoms with Crippen LogP contribution in [0.2, 0.25) is 0 Å². The molecule has 0 saturated carbocycles. The monoisotopic (exact) mass is 621 g/mol. The predicted octanol–water partition coefficient (Wildman–Crippen LogP) is 4.09. The molecule has 6 rings (SSSR count). The van der Waals surface area contributed by atoms with Crippen molar-refractivity contribution in [3.63, 3.8) is 0 Å². The van der Waals surface area contributed by atoms with Crippen LogP contribution >= 0.6 is 0 Å². The molecular weight excluding hydrogens is 586 g/mol. The van der Waals surface area contributed by atoms with Crippen LogP contribution in [-0.4, -0.2) is 77.2 Å². The maximum absolute atomic E-state index is 14.4. The van der Waals surface area contributed by atoms with Gasteiger partial charge in [-0.3, -0.25) is 14.6 Å². The van der Waals surface area contributed by atoms with E-state index in [1.54, 1.807) is 48.5 Å². The molecule has 1 aliphatic heterocycles. The third-order valence-electron chi connectivity index (χ3n) is 7.90. The van der Waals surface area contributed by atoms with E-state index in [9.17, 15) is 9.59 Å². The third kappa shape index (κ3) is 6.76. The van der Waals surface area contributed by atoms with Gasteiger partial charge < -0.3 is 29.3 Å². The van der Waals surface area contributed by atoms with Crippen LogP contribution in [0.15, 0.2) is 91.3 Å². The number of ether oxygens (including phenoxy) is 3. The molecule has 1 aliphatic rings. The van der Waals surface area contributed by atoms with Crippen molar-refractivity contribution in [1.82, 2.24) is 24.9 Å². The van der Waals surface area contributed by atoms with Crippen LogP contribution in [0, 0.1) is 0 Å². The van der Waals surface area contributed by atoms with Crippen molar-refractivity contribution in [2.75, 3.05) is 50.7 Å². The van der Waals surface area contributed by atoms with Gasteiger partial charge in [-0.15, -0.1) is 5.10 Å². The van der Waals surface area contributed by atoms with E-state index < -0.39 is 11.9 Å². The van der Waals surface area contributed by atoms with Gasteiger partial charge in [-0.1, -0.05) is 29.5 Å². The van der Waals surface area contributed by atoms with Gasteiger partial charge in [0.2, 0.25) is 5.91 Å². The second-order valence-corrected chi connectivity index (χ2v) is 10.8. The molecule has 2 amide bonds. The summed E-state index contributed by atoms with van der Waals surface area (Å²) in [6.45, 7) is 2.94. The van der Waals surface area contributed by atoms with Crippen LogP contribution in [0.5, 0.6) is 11.5 Å². The number of hydrogen-bond acceptors (Lipinski definition) is 9. The van der Waals surface area contributed by atoms with Gasteiger partial charge in [-0.2, -0.15) is 0 Å². The zero-order valence-corrected chi connectivity index (χ0v) is 25.7. The SMILES string of the molecule is COc1ccc(C(C(=O)Nc2ccc(N3CCOCC3)cc2)N(Cc2cccnc2)C(=O)Cn2nnc3ccccc32)cc1OC. The molecule has 236 valence electrons. The first kappa shape index (κ1) is 30.5. The van der Waals surface area contributed by atoms with Gasteiger partial charge in [0.1, 0.15) is 18.1 Å². The second kappa shape index (κ2) is 14.1. The maximum Gasteiger partial charge on any atom is 0.251 e. The molecule has 3 heterocycles. The van der Waals surface area contributed by atoms with Gasteiger partial charge in [-0.05, 0) is 65.7 Å². The van der Waals surface area contributed by atoms with Crippen LogP contribution in [0.4, 0.5) is 11.4 Å². The van der Waals surface area contributed by atoms with Gasteiger partial charge in [0.25, 0.3) is 5.91 Å². The predicted molar refractivity (Wildman–Crippen MR) is 173 cm³/mol. The van der Waals surface area contributed by atoms with E-state index >= 15 is 0 Å². The molecule has 1 saturated heterocycles. The molecular formula is C34H35N7O5. The fourth-order valence-electron chi connectivity index (χ4n) is 5.55. The van der Waals surface area contributed by atoms with Crippen LogP contribution in [0.25, 0.3) is 11.0 Å². The highest BCUT2D eigenvalue weighted by atomic mass is 16.5. The van der Waals surface area contributed by atoms with E-state index in [-0.39, 0.29) is 19.0 Å². The van der Waals surface area contributed by atoms with Gasteiger partial charge in [0.05, 0.1) is 33.0 Å². The van der Waals surface area contributed by atoms with Crippen molar-refractivity contribution in [2.24, 2.45) is 0 Å². The lowest BCUT2D eigenvalue weighted by Gasteiger charge is -2.32. The van der Waals surface area contributed by atoms with Crippen LogP contribution in [0.1, 0.15) is 17.2 Å². The van der Waals surface area contributed by atoms with Crippen molar-refractivity contribution in [1.29, 1.82) is 0 Å². The van der Waals surface area contributed by atoms with Gasteiger partial charge >= 0.3 is 0 Å². The number of pyridine rings is 1. The average molecular weight is 622 g/mol. The highest BCUT2D eigenvalue weighted by Crippen LogP contribution is 2.34. The molecule has 1 atom stereocenters. The number of nitrogens with zero attached hydrogens (tertiary/aromatic N) is 6. The minimum absolute atomic E-state index is 0.113. The first-order valence-electron chi connectivity index (χ1n) is 15.0. The molecule has 46 heavy (non-hydrogen) atoms. The largest absolute Gasteiger partial charge is 0.493 e. The fourth-order valence-corrected chi connectivity index (χ4v) is 5.55. The summed E-state index contributed by atoms with van der Waals surface area (Å²) in [4.78, 5) is 36.7. The van der Waals surface area contributed by atoms with Crippen molar-refractivity contribution in [3.8, 4) is 11.5 Å². The number of nitrogens with one attached hydrogen (secondary N) is 1. The number of anilines is 2. The number of aromatic nitrogens is 4. The fraction of sp³-hybridized carbons (Fsp3) is 0.265. The van der Waals surface area contributed by atoms with E-state index in [1.165, 1.54) is 12.0 Å². The Bertz CT molecular complexity index is 1790. The van der Waals surface area contributed by atoms with Crippen molar-refractivity contribution < 1.29 is 23.8 Å². The summed E-state index contributed by atoms with van der Waals surface area (Å²) in [5.74, 6) is 0.205. The molecule has 1 N–H and O–H groups in total. The molecule has 1 fully saturated rings. The van der Waals surface area contributed by atoms with E-state index in [0.717, 1.165) is 24.3 Å². The number of carbonyl (C=O) groups excluding carboxylic acids is 2. The molecule has 5 aromatic rings. The maximum atomic E-state index is 14.4. The van der Waals surface area contributed by atoms with Gasteiger partial charge in [-0.25, -0.2) is 4.68 Å². The molecule has 3 aromatic carbocycles. The number of hydrogen-bond donors (Lipinski definition) is 1.